The number of nitrogens with two attached hydrogens (primary N) is 1. The average Bonchev–Trinajstić information content (AvgIpc) is 3.13. The van der Waals surface area contributed by atoms with Crippen LogP contribution in [-0.4, -0.2) is 70.8 Å². The first kappa shape index (κ1) is 22.8. The summed E-state index contributed by atoms with van der Waals surface area (Å²) in [5, 5.41) is 10.5. The van der Waals surface area contributed by atoms with E-state index in [9.17, 15) is 13.2 Å². The van der Waals surface area contributed by atoms with Crippen LogP contribution in [0.1, 0.15) is 31.0 Å². The van der Waals surface area contributed by atoms with E-state index in [0.717, 1.165) is 13.0 Å². The molecule has 0 radical (unpaired) electrons. The monoisotopic (exact) mass is 471 g/mol. The molecule has 0 spiro atoms. The van der Waals surface area contributed by atoms with Crippen molar-refractivity contribution in [3.8, 4) is 22.8 Å². The van der Waals surface area contributed by atoms with Crippen LogP contribution in [0.4, 0.5) is 5.82 Å². The van der Waals surface area contributed by atoms with Gasteiger partial charge in [0.2, 0.25) is 0 Å². The number of rotatable bonds is 5. The van der Waals surface area contributed by atoms with E-state index in [1.165, 1.54) is 18.3 Å². The summed E-state index contributed by atoms with van der Waals surface area (Å²) in [4.78, 5) is 23.2. The number of hydrogen-bond acceptors (Lipinski definition) is 10. The molecule has 33 heavy (non-hydrogen) atoms. The molecule has 0 aliphatic carbocycles. The number of benzene rings is 1. The van der Waals surface area contributed by atoms with Gasteiger partial charge in [-0.25, -0.2) is 18.4 Å². The van der Waals surface area contributed by atoms with Crippen molar-refractivity contribution in [2.45, 2.75) is 30.4 Å². The van der Waals surface area contributed by atoms with Gasteiger partial charge in [0.05, 0.1) is 22.0 Å². The zero-order chi connectivity index (χ0) is 23.6. The van der Waals surface area contributed by atoms with Crippen LogP contribution in [0.15, 0.2) is 39.8 Å². The summed E-state index contributed by atoms with van der Waals surface area (Å²) >= 11 is 0. The van der Waals surface area contributed by atoms with Crippen molar-refractivity contribution >= 4 is 21.6 Å². The minimum Gasteiger partial charge on any atom is -0.410 e. The molecule has 0 unspecified atom stereocenters. The number of carbonyl (C=O) groups excluding carboxylic acids is 1. The number of carbonyl (C=O) groups is 1. The Bertz CT molecular complexity index is 1250. The van der Waals surface area contributed by atoms with Crippen molar-refractivity contribution in [2.75, 3.05) is 31.9 Å². The van der Waals surface area contributed by atoms with Crippen molar-refractivity contribution in [1.29, 1.82) is 0 Å². The molecule has 1 aliphatic heterocycles. The van der Waals surface area contributed by atoms with Gasteiger partial charge >= 0.3 is 11.8 Å². The molecule has 0 bridgehead atoms. The third kappa shape index (κ3) is 4.71. The largest absolute Gasteiger partial charge is 0.410 e. The Kier molecular flexibility index (Phi) is 6.38. The Morgan fingerprint density at radius 2 is 1.91 bits per heavy atom. The lowest BCUT2D eigenvalue weighted by atomic mass is 10.1. The third-order valence-electron chi connectivity index (χ3n) is 5.34. The number of amides is 1. The number of nitrogens with zero attached hydrogens (tertiary/aromatic N) is 5. The van der Waals surface area contributed by atoms with Crippen LogP contribution < -0.4 is 11.1 Å². The van der Waals surface area contributed by atoms with Gasteiger partial charge in [0.1, 0.15) is 0 Å². The average molecular weight is 472 g/mol. The van der Waals surface area contributed by atoms with Crippen LogP contribution in [0.3, 0.4) is 0 Å². The van der Waals surface area contributed by atoms with Gasteiger partial charge in [-0.15, -0.1) is 10.2 Å². The molecule has 1 fully saturated rings. The highest BCUT2D eigenvalue weighted by atomic mass is 32.2. The number of hydrogen-bond donors (Lipinski definition) is 2. The zero-order valence-corrected chi connectivity index (χ0v) is 19.2. The summed E-state index contributed by atoms with van der Waals surface area (Å²) < 4.78 is 30.3. The van der Waals surface area contributed by atoms with Gasteiger partial charge in [-0.3, -0.25) is 4.79 Å². The molecule has 4 rings (SSSR count). The normalized spacial score (nSPS) is 14.9. The van der Waals surface area contributed by atoms with E-state index in [1.807, 2.05) is 0 Å². The summed E-state index contributed by atoms with van der Waals surface area (Å²) in [7, 11) is -3.38. The maximum atomic E-state index is 12.7. The summed E-state index contributed by atoms with van der Waals surface area (Å²) in [5.41, 5.74) is 7.21. The predicted octanol–water partition coefficient (Wildman–Crippen LogP) is 1.39. The standard InChI is InChI=1S/C21H25N7O4S/c1-13(2)33(30,31)15-6-4-14(5-7-15)16-12-24-18(22)17(25-16)19-26-27-20(32-19)21(29)28-10-3-8-23-9-11-28/h4-7,12-13,23H,3,8-11H2,1-2H3,(H2,22,24). The van der Waals surface area contributed by atoms with E-state index >= 15 is 0 Å². The quantitative estimate of drug-likeness (QED) is 0.557. The van der Waals surface area contributed by atoms with Crippen LogP contribution in [0, 0.1) is 0 Å². The smallest absolute Gasteiger partial charge is 0.311 e. The van der Waals surface area contributed by atoms with Crippen molar-refractivity contribution in [1.82, 2.24) is 30.4 Å². The van der Waals surface area contributed by atoms with Gasteiger partial charge in [-0.1, -0.05) is 12.1 Å². The molecule has 1 amide bonds. The molecule has 3 N–H and O–H groups in total. The number of aromatic nitrogens is 4. The molecule has 1 aliphatic rings. The fourth-order valence-corrected chi connectivity index (χ4v) is 4.43. The zero-order valence-electron chi connectivity index (χ0n) is 18.4. The maximum Gasteiger partial charge on any atom is 0.311 e. The summed E-state index contributed by atoms with van der Waals surface area (Å²) in [6, 6.07) is 6.36. The molecular weight excluding hydrogens is 446 g/mol. The summed E-state index contributed by atoms with van der Waals surface area (Å²) in [6.45, 7) is 5.97. The third-order valence-corrected chi connectivity index (χ3v) is 7.51. The first-order valence-electron chi connectivity index (χ1n) is 10.6. The van der Waals surface area contributed by atoms with Gasteiger partial charge in [0, 0.05) is 25.2 Å². The van der Waals surface area contributed by atoms with Gasteiger partial charge < -0.3 is 20.4 Å². The molecule has 11 nitrogen and oxygen atoms in total. The maximum absolute atomic E-state index is 12.7. The minimum atomic E-state index is -3.38. The fourth-order valence-electron chi connectivity index (χ4n) is 3.37. The molecule has 1 aromatic carbocycles. The van der Waals surface area contributed by atoms with Gasteiger partial charge in [-0.2, -0.15) is 0 Å². The minimum absolute atomic E-state index is 0.0165. The molecule has 3 heterocycles. The van der Waals surface area contributed by atoms with Gasteiger partial charge in [-0.05, 0) is 38.9 Å². The number of sulfone groups is 1. The van der Waals surface area contributed by atoms with Crippen LogP contribution in [0.5, 0.6) is 0 Å². The second kappa shape index (κ2) is 9.24. The highest BCUT2D eigenvalue weighted by Crippen LogP contribution is 2.27. The van der Waals surface area contributed by atoms with Crippen LogP contribution in [0.25, 0.3) is 22.8 Å². The van der Waals surface area contributed by atoms with E-state index in [2.05, 4.69) is 25.5 Å². The SMILES string of the molecule is CC(C)S(=O)(=O)c1ccc(-c2cnc(N)c(-c3nnc(C(=O)N4CCCNCC4)o3)n2)cc1. The lowest BCUT2D eigenvalue weighted by Gasteiger charge is -2.17. The fraction of sp³-hybridized carbons (Fsp3) is 0.381. The Hall–Kier alpha value is -3.38. The molecule has 1 saturated heterocycles. The lowest BCUT2D eigenvalue weighted by Crippen LogP contribution is -2.34. The van der Waals surface area contributed by atoms with Gasteiger partial charge in [0.15, 0.2) is 21.3 Å². The molecular formula is C21H25N7O4S. The first-order chi connectivity index (χ1) is 15.8. The van der Waals surface area contributed by atoms with Crippen LogP contribution in [-0.2, 0) is 9.84 Å². The van der Waals surface area contributed by atoms with Crippen LogP contribution >= 0.6 is 0 Å². The molecule has 174 valence electrons. The van der Waals surface area contributed by atoms with Crippen LogP contribution in [0.2, 0.25) is 0 Å². The summed E-state index contributed by atoms with van der Waals surface area (Å²) in [6.07, 6.45) is 2.31. The molecule has 2 aromatic heterocycles. The second-order valence-electron chi connectivity index (χ2n) is 7.92. The number of nitrogen functional groups attached to an aromatic ring is 1. The van der Waals surface area contributed by atoms with Gasteiger partial charge in [0.25, 0.3) is 5.89 Å². The predicted molar refractivity (Wildman–Crippen MR) is 121 cm³/mol. The van der Waals surface area contributed by atoms with E-state index < -0.39 is 15.1 Å². The highest BCUT2D eigenvalue weighted by Gasteiger charge is 2.25. The molecule has 0 atom stereocenters. The van der Waals surface area contributed by atoms with Crippen molar-refractivity contribution in [3.05, 3.63) is 36.4 Å². The Morgan fingerprint density at radius 3 is 2.64 bits per heavy atom. The number of anilines is 1. The lowest BCUT2D eigenvalue weighted by molar-refractivity contribution is 0.0727. The first-order valence-corrected chi connectivity index (χ1v) is 12.1. The Morgan fingerprint density at radius 1 is 1.15 bits per heavy atom. The van der Waals surface area contributed by atoms with E-state index in [0.29, 0.717) is 30.9 Å². The second-order valence-corrected chi connectivity index (χ2v) is 10.4. The topological polar surface area (TPSA) is 157 Å². The molecule has 12 heteroatoms. The van der Waals surface area contributed by atoms with Crippen molar-refractivity contribution in [3.63, 3.8) is 0 Å². The summed E-state index contributed by atoms with van der Waals surface area (Å²) in [5.74, 6) is -0.430. The Labute approximate surface area is 191 Å². The highest BCUT2D eigenvalue weighted by molar-refractivity contribution is 7.92. The Balaban J connectivity index is 1.60. The number of nitrogens with one attached hydrogen (secondary N) is 1. The van der Waals surface area contributed by atoms with E-state index in [-0.39, 0.29) is 34.1 Å². The van der Waals surface area contributed by atoms with Crippen molar-refractivity contribution < 1.29 is 17.6 Å². The van der Waals surface area contributed by atoms with E-state index in [4.69, 9.17) is 10.2 Å². The van der Waals surface area contributed by atoms with Crippen molar-refractivity contribution in [2.24, 2.45) is 0 Å². The molecule has 0 saturated carbocycles. The van der Waals surface area contributed by atoms with E-state index in [1.54, 1.807) is 30.9 Å². The molecule has 3 aromatic rings.